The van der Waals surface area contributed by atoms with Crippen LogP contribution in [0.2, 0.25) is 0 Å². The standard InChI is InChI=1S/C54H32N6O2/c1-5-14-33(15-6-1)49-55-50(34-16-7-2-8-17-34)58-53(57-49)38-25-28-45-42(31-38)41-30-37(24-27-44(41)61-45)40-22-13-23-47-48(40)43-32-39(26-29-46(43)62-47)54-59-51(35-18-9-3-10-19-35)56-52(60-54)36-20-11-4-12-21-36/h1-32H. The molecule has 0 atom stereocenters. The summed E-state index contributed by atoms with van der Waals surface area (Å²) >= 11 is 0. The molecule has 8 aromatic carbocycles. The fourth-order valence-electron chi connectivity index (χ4n) is 8.17. The van der Waals surface area contributed by atoms with E-state index in [1.54, 1.807) is 0 Å². The molecular weight excluding hydrogens is 765 g/mol. The van der Waals surface area contributed by atoms with E-state index < -0.39 is 0 Å². The molecule has 0 saturated carbocycles. The average Bonchev–Trinajstić information content (AvgIpc) is 3.92. The summed E-state index contributed by atoms with van der Waals surface area (Å²) in [4.78, 5) is 29.8. The second kappa shape index (κ2) is 14.6. The largest absolute Gasteiger partial charge is 0.456 e. The number of benzene rings is 8. The van der Waals surface area contributed by atoms with Crippen LogP contribution in [-0.2, 0) is 0 Å². The monoisotopic (exact) mass is 796 g/mol. The van der Waals surface area contributed by atoms with Crippen LogP contribution in [0.1, 0.15) is 0 Å². The van der Waals surface area contributed by atoms with Crippen molar-refractivity contribution < 1.29 is 8.83 Å². The van der Waals surface area contributed by atoms with E-state index in [1.807, 2.05) is 164 Å². The second-order valence-corrected chi connectivity index (χ2v) is 15.1. The number of rotatable bonds is 7. The maximum absolute atomic E-state index is 6.49. The van der Waals surface area contributed by atoms with Gasteiger partial charge in [0.2, 0.25) is 0 Å². The van der Waals surface area contributed by atoms with Crippen LogP contribution >= 0.6 is 0 Å². The van der Waals surface area contributed by atoms with Crippen molar-refractivity contribution in [2.75, 3.05) is 0 Å². The molecule has 0 saturated heterocycles. The highest BCUT2D eigenvalue weighted by atomic mass is 16.3. The highest BCUT2D eigenvalue weighted by molar-refractivity contribution is 6.15. The zero-order valence-electron chi connectivity index (χ0n) is 33.0. The molecule has 0 fully saturated rings. The molecule has 0 N–H and O–H groups in total. The first-order chi connectivity index (χ1) is 30.7. The molecule has 290 valence electrons. The molecule has 4 heterocycles. The van der Waals surface area contributed by atoms with Crippen molar-refractivity contribution in [3.8, 4) is 79.5 Å². The minimum atomic E-state index is 0.582. The highest BCUT2D eigenvalue weighted by Gasteiger charge is 2.19. The van der Waals surface area contributed by atoms with Gasteiger partial charge < -0.3 is 8.83 Å². The third-order valence-electron chi connectivity index (χ3n) is 11.2. The lowest BCUT2D eigenvalue weighted by atomic mass is 9.97. The quantitative estimate of drug-likeness (QED) is 0.157. The summed E-state index contributed by atoms with van der Waals surface area (Å²) in [5.41, 5.74) is 10.6. The second-order valence-electron chi connectivity index (χ2n) is 15.1. The highest BCUT2D eigenvalue weighted by Crippen LogP contribution is 2.41. The lowest BCUT2D eigenvalue weighted by Gasteiger charge is -2.09. The third-order valence-corrected chi connectivity index (χ3v) is 11.2. The van der Waals surface area contributed by atoms with Crippen molar-refractivity contribution in [1.29, 1.82) is 0 Å². The molecule has 0 unspecified atom stereocenters. The molecule has 12 rings (SSSR count). The summed E-state index contributed by atoms with van der Waals surface area (Å²) in [7, 11) is 0. The van der Waals surface area contributed by atoms with Gasteiger partial charge in [-0.15, -0.1) is 0 Å². The molecule has 0 spiro atoms. The van der Waals surface area contributed by atoms with Gasteiger partial charge in [-0.3, -0.25) is 0 Å². The molecule has 0 aliphatic heterocycles. The minimum Gasteiger partial charge on any atom is -0.456 e. The zero-order valence-corrected chi connectivity index (χ0v) is 33.0. The maximum Gasteiger partial charge on any atom is 0.164 e. The van der Waals surface area contributed by atoms with E-state index in [0.29, 0.717) is 34.9 Å². The lowest BCUT2D eigenvalue weighted by Crippen LogP contribution is -2.00. The van der Waals surface area contributed by atoms with E-state index in [0.717, 1.165) is 88.4 Å². The molecule has 0 amide bonds. The zero-order chi connectivity index (χ0) is 41.0. The normalized spacial score (nSPS) is 11.5. The molecule has 62 heavy (non-hydrogen) atoms. The molecule has 0 aliphatic carbocycles. The smallest absolute Gasteiger partial charge is 0.164 e. The van der Waals surface area contributed by atoms with Crippen LogP contribution in [0.5, 0.6) is 0 Å². The minimum absolute atomic E-state index is 0.582. The van der Waals surface area contributed by atoms with Gasteiger partial charge in [0.25, 0.3) is 0 Å². The molecule has 0 radical (unpaired) electrons. The van der Waals surface area contributed by atoms with Crippen molar-refractivity contribution in [3.05, 3.63) is 194 Å². The third kappa shape index (κ3) is 6.26. The van der Waals surface area contributed by atoms with Crippen molar-refractivity contribution >= 4 is 43.9 Å². The van der Waals surface area contributed by atoms with E-state index >= 15 is 0 Å². The number of aromatic nitrogens is 6. The number of nitrogens with zero attached hydrogens (tertiary/aromatic N) is 6. The Hall–Kier alpha value is -8.62. The SMILES string of the molecule is c1ccc(-c2nc(-c3ccccc3)nc(-c3ccc4oc5ccc(-c6cccc7oc8ccc(-c9nc(-c%10ccccc%10)nc(-c%10ccccc%10)n9)cc8c67)cc5c4c3)n2)cc1. The summed E-state index contributed by atoms with van der Waals surface area (Å²) in [5.74, 6) is 3.61. The predicted octanol–water partition coefficient (Wildman–Crippen LogP) is 13.5. The van der Waals surface area contributed by atoms with E-state index in [2.05, 4.69) is 30.3 Å². The van der Waals surface area contributed by atoms with Gasteiger partial charge in [-0.05, 0) is 65.7 Å². The Balaban J connectivity index is 0.987. The van der Waals surface area contributed by atoms with Gasteiger partial charge in [-0.2, -0.15) is 0 Å². The van der Waals surface area contributed by atoms with E-state index in [1.165, 1.54) is 0 Å². The van der Waals surface area contributed by atoms with Crippen molar-refractivity contribution in [2.24, 2.45) is 0 Å². The first kappa shape index (κ1) is 35.3. The topological polar surface area (TPSA) is 104 Å². The van der Waals surface area contributed by atoms with Gasteiger partial charge in [0.05, 0.1) is 0 Å². The Bertz CT molecular complexity index is 3510. The van der Waals surface area contributed by atoms with Crippen LogP contribution in [0.15, 0.2) is 203 Å². The summed E-state index contributed by atoms with van der Waals surface area (Å²) < 4.78 is 12.9. The Labute approximate surface area is 354 Å². The Morgan fingerprint density at radius 1 is 0.242 bits per heavy atom. The number of hydrogen-bond acceptors (Lipinski definition) is 8. The Morgan fingerprint density at radius 3 is 1.02 bits per heavy atom. The van der Waals surface area contributed by atoms with Gasteiger partial charge in [0, 0.05) is 54.9 Å². The van der Waals surface area contributed by atoms with Crippen LogP contribution in [0.25, 0.3) is 123 Å². The van der Waals surface area contributed by atoms with E-state index in [-0.39, 0.29) is 0 Å². The van der Waals surface area contributed by atoms with Gasteiger partial charge in [0.1, 0.15) is 22.3 Å². The van der Waals surface area contributed by atoms with Gasteiger partial charge >= 0.3 is 0 Å². The maximum atomic E-state index is 6.49. The molecule has 0 bridgehead atoms. The Kier molecular flexibility index (Phi) is 8.31. The average molecular weight is 797 g/mol. The number of fused-ring (bicyclic) bond motifs is 6. The summed E-state index contributed by atoms with van der Waals surface area (Å²) in [6.45, 7) is 0. The fourth-order valence-corrected chi connectivity index (χ4v) is 8.17. The molecule has 12 aromatic rings. The van der Waals surface area contributed by atoms with Crippen LogP contribution in [0.3, 0.4) is 0 Å². The number of furan rings is 2. The van der Waals surface area contributed by atoms with Gasteiger partial charge in [-0.1, -0.05) is 140 Å². The summed E-state index contributed by atoms with van der Waals surface area (Å²) in [6.07, 6.45) is 0. The lowest BCUT2D eigenvalue weighted by molar-refractivity contribution is 0.669. The molecule has 8 nitrogen and oxygen atoms in total. The summed E-state index contributed by atoms with van der Waals surface area (Å²) in [5, 5.41) is 3.92. The molecule has 0 aliphatic rings. The van der Waals surface area contributed by atoms with E-state index in [9.17, 15) is 0 Å². The first-order valence-electron chi connectivity index (χ1n) is 20.4. The number of hydrogen-bond donors (Lipinski definition) is 0. The van der Waals surface area contributed by atoms with Crippen LogP contribution < -0.4 is 0 Å². The fraction of sp³-hybridized carbons (Fsp3) is 0. The van der Waals surface area contributed by atoms with Crippen molar-refractivity contribution in [2.45, 2.75) is 0 Å². The van der Waals surface area contributed by atoms with Crippen molar-refractivity contribution in [1.82, 2.24) is 29.9 Å². The molecule has 4 aromatic heterocycles. The first-order valence-corrected chi connectivity index (χ1v) is 20.4. The van der Waals surface area contributed by atoms with Crippen LogP contribution in [-0.4, -0.2) is 29.9 Å². The van der Waals surface area contributed by atoms with Crippen LogP contribution in [0, 0.1) is 0 Å². The summed E-state index contributed by atoms with van der Waals surface area (Å²) in [6, 6.07) is 64.9. The van der Waals surface area contributed by atoms with Crippen molar-refractivity contribution in [3.63, 3.8) is 0 Å². The van der Waals surface area contributed by atoms with Gasteiger partial charge in [0.15, 0.2) is 34.9 Å². The van der Waals surface area contributed by atoms with Crippen LogP contribution in [0.4, 0.5) is 0 Å². The molecular formula is C54H32N6O2. The van der Waals surface area contributed by atoms with E-state index in [4.69, 9.17) is 38.7 Å². The van der Waals surface area contributed by atoms with Gasteiger partial charge in [-0.25, -0.2) is 29.9 Å². The predicted molar refractivity (Wildman–Crippen MR) is 246 cm³/mol. The molecule has 8 heteroatoms. The Morgan fingerprint density at radius 2 is 0.581 bits per heavy atom.